The normalized spacial score (nSPS) is 11.8. The fraction of sp³-hybridized carbons (Fsp3) is 0.250. The molecule has 0 aliphatic rings. The highest BCUT2D eigenvalue weighted by Gasteiger charge is 2.23. The summed E-state index contributed by atoms with van der Waals surface area (Å²) < 4.78 is 8.93. The zero-order valence-corrected chi connectivity index (χ0v) is 19.8. The third-order valence-electron chi connectivity index (χ3n) is 5.22. The van der Waals surface area contributed by atoms with E-state index in [4.69, 9.17) is 4.74 Å². The zero-order valence-electron chi connectivity index (χ0n) is 19.0. The minimum absolute atomic E-state index is 0.301. The average Bonchev–Trinajstić information content (AvgIpc) is 3.47. The Hall–Kier alpha value is -3.79. The Morgan fingerprint density at radius 2 is 1.97 bits per heavy atom. The summed E-state index contributed by atoms with van der Waals surface area (Å²) >= 11 is 1.61. The molecular formula is C24H26N6O3S. The van der Waals surface area contributed by atoms with E-state index < -0.39 is 6.04 Å². The number of ether oxygens (including phenoxy) is 1. The summed E-state index contributed by atoms with van der Waals surface area (Å²) in [5, 5.41) is 10.0. The topological polar surface area (TPSA) is 103 Å². The number of nitrogens with one attached hydrogen (secondary N) is 2. The number of carbonyl (C=O) groups is 2. The van der Waals surface area contributed by atoms with E-state index in [2.05, 4.69) is 20.7 Å². The second-order valence-corrected chi connectivity index (χ2v) is 8.61. The van der Waals surface area contributed by atoms with Gasteiger partial charge in [-0.25, -0.2) is 4.98 Å². The van der Waals surface area contributed by atoms with Gasteiger partial charge in [0.15, 0.2) is 0 Å². The largest absolute Gasteiger partial charge is 0.496 e. The molecule has 0 radical (unpaired) electrons. The smallest absolute Gasteiger partial charge is 0.255 e. The maximum absolute atomic E-state index is 13.0. The number of amides is 2. The van der Waals surface area contributed by atoms with E-state index in [9.17, 15) is 9.59 Å². The molecule has 0 saturated heterocycles. The number of nitrogens with zero attached hydrogens (tertiary/aromatic N) is 4. The lowest BCUT2D eigenvalue weighted by Gasteiger charge is -2.18. The molecule has 3 heterocycles. The highest BCUT2D eigenvalue weighted by Crippen LogP contribution is 2.18. The predicted molar refractivity (Wildman–Crippen MR) is 132 cm³/mol. The van der Waals surface area contributed by atoms with Gasteiger partial charge in [-0.1, -0.05) is 18.2 Å². The van der Waals surface area contributed by atoms with Crippen LogP contribution in [0.4, 0.5) is 5.69 Å². The lowest BCUT2D eigenvalue weighted by atomic mass is 10.1. The molecule has 0 spiro atoms. The summed E-state index contributed by atoms with van der Waals surface area (Å²) in [7, 11) is 1.51. The van der Waals surface area contributed by atoms with Crippen molar-refractivity contribution in [1.29, 1.82) is 0 Å². The van der Waals surface area contributed by atoms with Gasteiger partial charge in [0.05, 0.1) is 36.8 Å². The molecule has 4 aromatic rings. The first-order chi connectivity index (χ1) is 16.6. The molecule has 2 N–H and O–H groups in total. The molecule has 0 bridgehead atoms. The molecular weight excluding hydrogens is 452 g/mol. The number of para-hydroxylation sites is 1. The molecule has 1 aromatic carbocycles. The molecule has 0 fully saturated rings. The van der Waals surface area contributed by atoms with Gasteiger partial charge >= 0.3 is 0 Å². The van der Waals surface area contributed by atoms with Crippen molar-refractivity contribution < 1.29 is 14.3 Å². The number of benzene rings is 1. The lowest BCUT2D eigenvalue weighted by Crippen LogP contribution is -2.44. The van der Waals surface area contributed by atoms with E-state index in [1.54, 1.807) is 53.1 Å². The van der Waals surface area contributed by atoms with E-state index in [-0.39, 0.29) is 11.8 Å². The number of pyridine rings is 1. The number of rotatable bonds is 10. The third kappa shape index (κ3) is 5.57. The highest BCUT2D eigenvalue weighted by molar-refractivity contribution is 7.98. The van der Waals surface area contributed by atoms with E-state index in [1.807, 2.05) is 41.2 Å². The molecule has 1 unspecified atom stereocenters. The number of hydrogen-bond acceptors (Lipinski definition) is 6. The maximum Gasteiger partial charge on any atom is 0.255 e. The van der Waals surface area contributed by atoms with Gasteiger partial charge in [0.2, 0.25) is 5.91 Å². The first-order valence-electron chi connectivity index (χ1n) is 10.8. The maximum atomic E-state index is 13.0. The third-order valence-corrected chi connectivity index (χ3v) is 5.87. The zero-order chi connectivity index (χ0) is 23.9. The van der Waals surface area contributed by atoms with Crippen LogP contribution in [0, 0.1) is 0 Å². The van der Waals surface area contributed by atoms with Gasteiger partial charge in [-0.15, -0.1) is 0 Å². The van der Waals surface area contributed by atoms with Crippen LogP contribution in [0.3, 0.4) is 0 Å². The molecule has 3 aromatic heterocycles. The van der Waals surface area contributed by atoms with Crippen molar-refractivity contribution >= 4 is 34.9 Å². The molecule has 34 heavy (non-hydrogen) atoms. The Labute approximate surface area is 201 Å². The Bertz CT molecular complexity index is 1250. The number of hydrogen-bond donors (Lipinski definition) is 2. The van der Waals surface area contributed by atoms with E-state index in [0.29, 0.717) is 30.0 Å². The first kappa shape index (κ1) is 23.4. The second-order valence-electron chi connectivity index (χ2n) is 7.62. The minimum atomic E-state index is -0.702. The Balaban J connectivity index is 1.42. The van der Waals surface area contributed by atoms with Crippen LogP contribution in [0.2, 0.25) is 0 Å². The minimum Gasteiger partial charge on any atom is -0.496 e. The van der Waals surface area contributed by atoms with Crippen molar-refractivity contribution in [3.05, 3.63) is 78.5 Å². The van der Waals surface area contributed by atoms with Crippen molar-refractivity contribution in [1.82, 2.24) is 24.5 Å². The van der Waals surface area contributed by atoms with Crippen molar-refractivity contribution in [3.8, 4) is 5.75 Å². The van der Waals surface area contributed by atoms with Gasteiger partial charge in [0.25, 0.3) is 5.91 Å². The molecule has 1 atom stereocenters. The van der Waals surface area contributed by atoms with E-state index in [1.165, 1.54) is 7.11 Å². The quantitative estimate of drug-likeness (QED) is 0.363. The summed E-state index contributed by atoms with van der Waals surface area (Å²) in [6, 6.07) is 12.0. The Morgan fingerprint density at radius 1 is 1.15 bits per heavy atom. The van der Waals surface area contributed by atoms with Crippen LogP contribution in [0.25, 0.3) is 5.65 Å². The molecule has 4 rings (SSSR count). The number of anilines is 1. The SMILES string of the molecule is COc1ccccc1C(=O)NC(CCSC)C(=O)Nc1cnn(Cc2cn3ccccc3n2)c1. The van der Waals surface area contributed by atoms with Gasteiger partial charge in [0, 0.05) is 18.6 Å². The standard InChI is InChI=1S/C24H26N6O3S/c1-33-21-8-4-3-7-19(21)23(31)28-20(10-12-34-2)24(32)27-17-13-25-30(15-17)16-18-14-29-11-6-5-9-22(29)26-18/h3-9,11,13-15,20H,10,12,16H2,1-2H3,(H,27,32)(H,28,31). The van der Waals surface area contributed by atoms with Crippen LogP contribution < -0.4 is 15.4 Å². The molecule has 10 heteroatoms. The number of aromatic nitrogens is 4. The van der Waals surface area contributed by atoms with Gasteiger partial charge in [-0.05, 0) is 42.7 Å². The van der Waals surface area contributed by atoms with Gasteiger partial charge in [-0.3, -0.25) is 14.3 Å². The van der Waals surface area contributed by atoms with Crippen LogP contribution in [0.1, 0.15) is 22.5 Å². The van der Waals surface area contributed by atoms with Crippen LogP contribution in [0.5, 0.6) is 5.75 Å². The molecule has 176 valence electrons. The van der Waals surface area contributed by atoms with Crippen molar-refractivity contribution in [2.75, 3.05) is 24.4 Å². The van der Waals surface area contributed by atoms with Crippen LogP contribution in [0.15, 0.2) is 67.3 Å². The molecule has 0 aliphatic carbocycles. The molecule has 9 nitrogen and oxygen atoms in total. The lowest BCUT2D eigenvalue weighted by molar-refractivity contribution is -0.118. The van der Waals surface area contributed by atoms with Gasteiger partial charge in [0.1, 0.15) is 17.4 Å². The van der Waals surface area contributed by atoms with Crippen molar-refractivity contribution in [2.24, 2.45) is 0 Å². The highest BCUT2D eigenvalue weighted by atomic mass is 32.2. The monoisotopic (exact) mass is 478 g/mol. The van der Waals surface area contributed by atoms with Crippen LogP contribution in [-0.4, -0.2) is 56.1 Å². The fourth-order valence-electron chi connectivity index (χ4n) is 3.55. The molecule has 0 aliphatic heterocycles. The number of carbonyl (C=O) groups excluding carboxylic acids is 2. The first-order valence-corrected chi connectivity index (χ1v) is 12.2. The summed E-state index contributed by atoms with van der Waals surface area (Å²) in [5.74, 6) is 0.514. The number of thioether (sulfide) groups is 1. The number of fused-ring (bicyclic) bond motifs is 1. The van der Waals surface area contributed by atoms with Gasteiger partial charge < -0.3 is 19.8 Å². The second kappa shape index (κ2) is 10.9. The summed E-state index contributed by atoms with van der Waals surface area (Å²) in [6.45, 7) is 0.470. The summed E-state index contributed by atoms with van der Waals surface area (Å²) in [4.78, 5) is 30.4. The molecule has 0 saturated carbocycles. The van der Waals surface area contributed by atoms with Crippen LogP contribution >= 0.6 is 11.8 Å². The fourth-order valence-corrected chi connectivity index (χ4v) is 4.02. The van der Waals surface area contributed by atoms with Gasteiger partial charge in [-0.2, -0.15) is 16.9 Å². The summed E-state index contributed by atoms with van der Waals surface area (Å²) in [5.41, 5.74) is 2.65. The predicted octanol–water partition coefficient (Wildman–Crippen LogP) is 3.08. The van der Waals surface area contributed by atoms with Crippen LogP contribution in [-0.2, 0) is 11.3 Å². The number of methoxy groups -OCH3 is 1. The van der Waals surface area contributed by atoms with Crippen molar-refractivity contribution in [2.45, 2.75) is 19.0 Å². The average molecular weight is 479 g/mol. The number of imidazole rings is 1. The Morgan fingerprint density at radius 3 is 2.76 bits per heavy atom. The van der Waals surface area contributed by atoms with Crippen molar-refractivity contribution in [3.63, 3.8) is 0 Å². The van der Waals surface area contributed by atoms with E-state index in [0.717, 1.165) is 17.1 Å². The summed E-state index contributed by atoms with van der Waals surface area (Å²) in [6.07, 6.45) is 9.66. The Kier molecular flexibility index (Phi) is 7.48. The van der Waals surface area contributed by atoms with E-state index >= 15 is 0 Å². The molecule has 2 amide bonds.